The van der Waals surface area contributed by atoms with Crippen molar-refractivity contribution in [2.24, 2.45) is 0 Å². The average Bonchev–Trinajstić information content (AvgIpc) is 2.45. The van der Waals surface area contributed by atoms with Crippen LogP contribution in [-0.4, -0.2) is 30.6 Å². The second-order valence-corrected chi connectivity index (χ2v) is 5.32. The van der Waals surface area contributed by atoms with Crippen molar-refractivity contribution in [3.05, 3.63) is 35.4 Å². The van der Waals surface area contributed by atoms with Gasteiger partial charge in [0.1, 0.15) is 0 Å². The lowest BCUT2D eigenvalue weighted by atomic mass is 10.00. The number of aliphatic hydroxyl groups is 1. The summed E-state index contributed by atoms with van der Waals surface area (Å²) < 4.78 is 0. The largest absolute Gasteiger partial charge is 0.387 e. The molecule has 1 atom stereocenters. The van der Waals surface area contributed by atoms with Gasteiger partial charge >= 0.3 is 0 Å². The van der Waals surface area contributed by atoms with Crippen LogP contribution in [0.5, 0.6) is 0 Å². The van der Waals surface area contributed by atoms with Gasteiger partial charge in [0.15, 0.2) is 0 Å². The topological polar surface area (TPSA) is 61.4 Å². The van der Waals surface area contributed by atoms with E-state index in [4.69, 9.17) is 0 Å². The van der Waals surface area contributed by atoms with E-state index in [2.05, 4.69) is 24.5 Å². The molecule has 0 bridgehead atoms. The summed E-state index contributed by atoms with van der Waals surface area (Å²) in [6.45, 7) is 7.60. The predicted molar refractivity (Wildman–Crippen MR) is 81.7 cm³/mol. The summed E-state index contributed by atoms with van der Waals surface area (Å²) in [5.41, 5.74) is 2.13. The summed E-state index contributed by atoms with van der Waals surface area (Å²) in [7, 11) is 0. The number of aliphatic hydroxyl groups excluding tert-OH is 1. The Bertz CT molecular complexity index is 401. The van der Waals surface area contributed by atoms with Crippen molar-refractivity contribution in [1.29, 1.82) is 0 Å². The SMILES string of the molecule is CCCNC(=O)CNCC(O)c1ccc(C(C)C)cc1. The first-order chi connectivity index (χ1) is 9.54. The maximum Gasteiger partial charge on any atom is 0.233 e. The molecule has 0 heterocycles. The van der Waals surface area contributed by atoms with Crippen LogP contribution in [0.1, 0.15) is 50.3 Å². The summed E-state index contributed by atoms with van der Waals surface area (Å²) in [6.07, 6.45) is 0.339. The Labute approximate surface area is 121 Å². The fraction of sp³-hybridized carbons (Fsp3) is 0.562. The molecule has 0 aromatic heterocycles. The van der Waals surface area contributed by atoms with Gasteiger partial charge in [0, 0.05) is 13.1 Å². The molecule has 0 saturated carbocycles. The molecule has 0 radical (unpaired) electrons. The van der Waals surface area contributed by atoms with Crippen molar-refractivity contribution in [3.63, 3.8) is 0 Å². The molecule has 3 N–H and O–H groups in total. The third-order valence-electron chi connectivity index (χ3n) is 3.18. The van der Waals surface area contributed by atoms with Crippen molar-refractivity contribution >= 4 is 5.91 Å². The van der Waals surface area contributed by atoms with Crippen LogP contribution in [0.25, 0.3) is 0 Å². The maximum atomic E-state index is 11.4. The summed E-state index contributed by atoms with van der Waals surface area (Å²) >= 11 is 0. The Balaban J connectivity index is 2.35. The van der Waals surface area contributed by atoms with Crippen molar-refractivity contribution < 1.29 is 9.90 Å². The van der Waals surface area contributed by atoms with E-state index in [0.717, 1.165) is 12.0 Å². The number of hydrogen-bond acceptors (Lipinski definition) is 3. The van der Waals surface area contributed by atoms with Crippen LogP contribution in [0.2, 0.25) is 0 Å². The molecular weight excluding hydrogens is 252 g/mol. The molecule has 0 spiro atoms. The first-order valence-corrected chi connectivity index (χ1v) is 7.30. The van der Waals surface area contributed by atoms with Crippen LogP contribution >= 0.6 is 0 Å². The number of carbonyl (C=O) groups is 1. The molecular formula is C16H26N2O2. The fourth-order valence-electron chi connectivity index (χ4n) is 1.87. The minimum Gasteiger partial charge on any atom is -0.387 e. The zero-order valence-corrected chi connectivity index (χ0v) is 12.6. The van der Waals surface area contributed by atoms with Gasteiger partial charge in [0.2, 0.25) is 5.91 Å². The van der Waals surface area contributed by atoms with Crippen LogP contribution in [0.3, 0.4) is 0 Å². The zero-order chi connectivity index (χ0) is 15.0. The first kappa shape index (κ1) is 16.7. The van der Waals surface area contributed by atoms with Crippen LogP contribution in [0, 0.1) is 0 Å². The van der Waals surface area contributed by atoms with E-state index in [0.29, 0.717) is 19.0 Å². The Hall–Kier alpha value is -1.39. The Morgan fingerprint density at radius 1 is 1.20 bits per heavy atom. The van der Waals surface area contributed by atoms with Gasteiger partial charge in [-0.3, -0.25) is 4.79 Å². The third kappa shape index (κ3) is 5.72. The summed E-state index contributed by atoms with van der Waals surface area (Å²) in [6, 6.07) is 7.96. The summed E-state index contributed by atoms with van der Waals surface area (Å²) in [5, 5.41) is 15.8. The number of rotatable bonds is 8. The van der Waals surface area contributed by atoms with Gasteiger partial charge in [-0.15, -0.1) is 0 Å². The summed E-state index contributed by atoms with van der Waals surface area (Å²) in [4.78, 5) is 11.4. The lowest BCUT2D eigenvalue weighted by molar-refractivity contribution is -0.120. The van der Waals surface area contributed by atoms with Crippen molar-refractivity contribution in [3.8, 4) is 0 Å². The highest BCUT2D eigenvalue weighted by atomic mass is 16.3. The molecule has 112 valence electrons. The van der Waals surface area contributed by atoms with Gasteiger partial charge in [-0.25, -0.2) is 0 Å². The highest BCUT2D eigenvalue weighted by Crippen LogP contribution is 2.18. The Morgan fingerprint density at radius 2 is 1.80 bits per heavy atom. The second kappa shape index (κ2) is 8.72. The van der Waals surface area contributed by atoms with Gasteiger partial charge < -0.3 is 15.7 Å². The van der Waals surface area contributed by atoms with Crippen LogP contribution in [0.4, 0.5) is 0 Å². The van der Waals surface area contributed by atoms with Crippen molar-refractivity contribution in [1.82, 2.24) is 10.6 Å². The molecule has 0 aliphatic rings. The van der Waals surface area contributed by atoms with E-state index in [1.54, 1.807) is 0 Å². The number of amides is 1. The van der Waals surface area contributed by atoms with Crippen LogP contribution in [0.15, 0.2) is 24.3 Å². The molecule has 4 heteroatoms. The quantitative estimate of drug-likeness (QED) is 0.681. The second-order valence-electron chi connectivity index (χ2n) is 5.32. The lowest BCUT2D eigenvalue weighted by Gasteiger charge is -2.13. The Kier molecular flexibility index (Phi) is 7.26. The lowest BCUT2D eigenvalue weighted by Crippen LogP contribution is -2.35. The van der Waals surface area contributed by atoms with Gasteiger partial charge in [0.05, 0.1) is 12.6 Å². The fourth-order valence-corrected chi connectivity index (χ4v) is 1.87. The molecule has 1 amide bonds. The molecule has 0 aliphatic heterocycles. The van der Waals surface area contributed by atoms with Crippen LogP contribution in [-0.2, 0) is 4.79 Å². The van der Waals surface area contributed by atoms with Crippen molar-refractivity contribution in [2.75, 3.05) is 19.6 Å². The monoisotopic (exact) mass is 278 g/mol. The van der Waals surface area contributed by atoms with E-state index in [1.165, 1.54) is 5.56 Å². The maximum absolute atomic E-state index is 11.4. The highest BCUT2D eigenvalue weighted by molar-refractivity contribution is 5.77. The molecule has 20 heavy (non-hydrogen) atoms. The van der Waals surface area contributed by atoms with Gasteiger partial charge in [-0.1, -0.05) is 45.0 Å². The molecule has 0 fully saturated rings. The minimum absolute atomic E-state index is 0.0331. The molecule has 0 aliphatic carbocycles. The predicted octanol–water partition coefficient (Wildman–Crippen LogP) is 1.96. The number of hydrogen-bond donors (Lipinski definition) is 3. The zero-order valence-electron chi connectivity index (χ0n) is 12.6. The molecule has 4 nitrogen and oxygen atoms in total. The van der Waals surface area contributed by atoms with E-state index in [9.17, 15) is 9.90 Å². The van der Waals surface area contributed by atoms with Crippen LogP contribution < -0.4 is 10.6 Å². The number of carbonyl (C=O) groups excluding carboxylic acids is 1. The van der Waals surface area contributed by atoms with Gasteiger partial charge in [-0.2, -0.15) is 0 Å². The molecule has 1 aromatic rings. The van der Waals surface area contributed by atoms with E-state index >= 15 is 0 Å². The molecule has 1 unspecified atom stereocenters. The first-order valence-electron chi connectivity index (χ1n) is 7.30. The van der Waals surface area contributed by atoms with E-state index < -0.39 is 6.10 Å². The number of nitrogens with one attached hydrogen (secondary N) is 2. The van der Waals surface area contributed by atoms with Crippen molar-refractivity contribution in [2.45, 2.75) is 39.2 Å². The van der Waals surface area contributed by atoms with Gasteiger partial charge in [-0.05, 0) is 23.5 Å². The molecule has 1 aromatic carbocycles. The molecule has 1 rings (SSSR count). The number of benzene rings is 1. The third-order valence-corrected chi connectivity index (χ3v) is 3.18. The normalized spacial score (nSPS) is 12.4. The minimum atomic E-state index is -0.588. The van der Waals surface area contributed by atoms with E-state index in [-0.39, 0.29) is 12.5 Å². The van der Waals surface area contributed by atoms with Gasteiger partial charge in [0.25, 0.3) is 0 Å². The molecule has 0 saturated heterocycles. The highest BCUT2D eigenvalue weighted by Gasteiger charge is 2.08. The van der Waals surface area contributed by atoms with E-state index in [1.807, 2.05) is 31.2 Å². The average molecular weight is 278 g/mol. The summed E-state index contributed by atoms with van der Waals surface area (Å²) in [5.74, 6) is 0.454. The Morgan fingerprint density at radius 3 is 2.35 bits per heavy atom. The standard InChI is InChI=1S/C16H26N2O2/c1-4-9-18-16(20)11-17-10-15(19)14-7-5-13(6-8-14)12(2)3/h5-8,12,15,17,19H,4,9-11H2,1-3H3,(H,18,20). The smallest absolute Gasteiger partial charge is 0.233 e.